The monoisotopic (exact) mass is 399 g/mol. The smallest absolute Gasteiger partial charge is 0.122 e. The van der Waals surface area contributed by atoms with E-state index >= 15 is 0 Å². The third-order valence-corrected chi connectivity index (χ3v) is 11.2. The van der Waals surface area contributed by atoms with E-state index in [1.54, 1.807) is 5.57 Å². The molecule has 2 heterocycles. The van der Waals surface area contributed by atoms with E-state index in [-0.39, 0.29) is 11.8 Å². The van der Waals surface area contributed by atoms with Crippen LogP contribution in [0.25, 0.3) is 0 Å². The molecule has 0 radical (unpaired) electrons. The van der Waals surface area contributed by atoms with E-state index in [4.69, 9.17) is 4.74 Å². The molecule has 3 saturated carbocycles. The zero-order valence-electron chi connectivity index (χ0n) is 18.9. The molecule has 0 amide bonds. The number of allylic oxidation sites excluding steroid dienone is 1. The van der Waals surface area contributed by atoms with E-state index in [1.165, 1.54) is 38.5 Å². The standard InChI is InChI=1S/C26H41NO2/c1-15-13-26(27-14-15)16(2)23-22(29-26)12-21-19-6-5-17-11-18(28)7-9-24(17,3)20(19)8-10-25(21,23)4/h5,15-16,18-23,27-28H,6-14H2,1-4H3/t15?,16-,18-,19-,20-,21-,22+,23-,24+,25+,26?/m1/s1. The Kier molecular flexibility index (Phi) is 4.07. The largest absolute Gasteiger partial charge is 0.393 e. The van der Waals surface area contributed by atoms with Crippen molar-refractivity contribution in [3.8, 4) is 0 Å². The summed E-state index contributed by atoms with van der Waals surface area (Å²) < 4.78 is 6.94. The van der Waals surface area contributed by atoms with Crippen LogP contribution in [0.1, 0.15) is 79.1 Å². The Balaban J connectivity index is 1.30. The van der Waals surface area contributed by atoms with Crippen molar-refractivity contribution >= 4 is 0 Å². The summed E-state index contributed by atoms with van der Waals surface area (Å²) >= 11 is 0. The van der Waals surface area contributed by atoms with Crippen LogP contribution in [0.15, 0.2) is 11.6 Å². The minimum Gasteiger partial charge on any atom is -0.393 e. The molecule has 0 aromatic rings. The van der Waals surface area contributed by atoms with Gasteiger partial charge in [-0.25, -0.2) is 0 Å². The maximum Gasteiger partial charge on any atom is 0.122 e. The normalized spacial score (nSPS) is 61.1. The minimum atomic E-state index is -0.0997. The Morgan fingerprint density at radius 2 is 1.97 bits per heavy atom. The van der Waals surface area contributed by atoms with Crippen LogP contribution in [0.3, 0.4) is 0 Å². The second kappa shape index (κ2) is 6.11. The fourth-order valence-electron chi connectivity index (χ4n) is 9.80. The molecule has 0 aromatic heterocycles. The molecule has 1 spiro atoms. The Hall–Kier alpha value is -0.380. The van der Waals surface area contributed by atoms with Gasteiger partial charge in [0.2, 0.25) is 0 Å². The molecule has 2 unspecified atom stereocenters. The zero-order valence-corrected chi connectivity index (χ0v) is 18.9. The second-order valence-electron chi connectivity index (χ2n) is 12.5. The van der Waals surface area contributed by atoms with Gasteiger partial charge in [-0.2, -0.15) is 0 Å². The first-order valence-electron chi connectivity index (χ1n) is 12.6. The topological polar surface area (TPSA) is 41.5 Å². The van der Waals surface area contributed by atoms with Crippen LogP contribution in [-0.4, -0.2) is 29.6 Å². The summed E-state index contributed by atoms with van der Waals surface area (Å²) in [6, 6.07) is 0. The van der Waals surface area contributed by atoms with Gasteiger partial charge in [0.05, 0.1) is 12.2 Å². The maximum absolute atomic E-state index is 10.2. The molecule has 2 N–H and O–H groups in total. The summed E-state index contributed by atoms with van der Waals surface area (Å²) in [5.74, 6) is 4.54. The number of hydrogen-bond donors (Lipinski definition) is 2. The molecule has 0 bridgehead atoms. The Bertz CT molecular complexity index is 734. The van der Waals surface area contributed by atoms with E-state index in [2.05, 4.69) is 39.1 Å². The van der Waals surface area contributed by atoms with Crippen LogP contribution in [0.4, 0.5) is 0 Å². The first-order valence-corrected chi connectivity index (χ1v) is 12.6. The van der Waals surface area contributed by atoms with Gasteiger partial charge in [-0.05, 0) is 91.8 Å². The van der Waals surface area contributed by atoms with Crippen LogP contribution in [0.5, 0.6) is 0 Å². The van der Waals surface area contributed by atoms with Crippen molar-refractivity contribution in [2.75, 3.05) is 6.54 Å². The zero-order chi connectivity index (χ0) is 20.2. The number of aliphatic hydroxyl groups is 1. The molecule has 3 nitrogen and oxygen atoms in total. The van der Waals surface area contributed by atoms with Crippen molar-refractivity contribution < 1.29 is 9.84 Å². The number of nitrogens with one attached hydrogen (secondary N) is 1. The maximum atomic E-state index is 10.2. The quantitative estimate of drug-likeness (QED) is 0.570. The van der Waals surface area contributed by atoms with Gasteiger partial charge in [-0.15, -0.1) is 0 Å². The van der Waals surface area contributed by atoms with Crippen LogP contribution in [0, 0.1) is 46.3 Å². The highest BCUT2D eigenvalue weighted by molar-refractivity contribution is 5.26. The average Bonchev–Trinajstić information content (AvgIpc) is 3.28. The molecule has 0 aromatic carbocycles. The van der Waals surface area contributed by atoms with E-state index in [1.807, 2.05) is 0 Å². The Morgan fingerprint density at radius 3 is 2.72 bits per heavy atom. The highest BCUT2D eigenvalue weighted by Gasteiger charge is 2.68. The summed E-state index contributed by atoms with van der Waals surface area (Å²) in [6.07, 6.45) is 12.5. The lowest BCUT2D eigenvalue weighted by Crippen LogP contribution is -2.52. The summed E-state index contributed by atoms with van der Waals surface area (Å²) in [4.78, 5) is 0. The molecule has 2 saturated heterocycles. The number of aliphatic hydroxyl groups excluding tert-OH is 1. The van der Waals surface area contributed by atoms with Crippen molar-refractivity contribution in [1.82, 2.24) is 5.32 Å². The van der Waals surface area contributed by atoms with Gasteiger partial charge >= 0.3 is 0 Å². The predicted octanol–water partition coefficient (Wildman–Crippen LogP) is 4.90. The van der Waals surface area contributed by atoms with Gasteiger partial charge < -0.3 is 9.84 Å². The molecular formula is C26H41NO2. The summed E-state index contributed by atoms with van der Waals surface area (Å²) in [6.45, 7) is 11.2. The van der Waals surface area contributed by atoms with E-state index in [0.717, 1.165) is 49.0 Å². The Labute approximate surface area is 177 Å². The summed E-state index contributed by atoms with van der Waals surface area (Å²) in [5.41, 5.74) is 2.34. The van der Waals surface area contributed by atoms with Gasteiger partial charge in [0.25, 0.3) is 0 Å². The fourth-order valence-corrected chi connectivity index (χ4v) is 9.80. The van der Waals surface area contributed by atoms with Crippen LogP contribution in [0.2, 0.25) is 0 Å². The van der Waals surface area contributed by atoms with Gasteiger partial charge in [-0.3, -0.25) is 5.32 Å². The van der Waals surface area contributed by atoms with Gasteiger partial charge in [0.1, 0.15) is 5.72 Å². The van der Waals surface area contributed by atoms with Crippen molar-refractivity contribution in [2.45, 2.75) is 97.0 Å². The van der Waals surface area contributed by atoms with Gasteiger partial charge in [0, 0.05) is 12.5 Å². The SMILES string of the molecule is CC1CNC2(C1)O[C@H]1C[C@@H]3[C@@H]4CC=C5C[C@H](O)CC[C@]5(C)[C@@H]4CC[C@]3(C)[C@@H]1[C@H]2C. The van der Waals surface area contributed by atoms with Crippen molar-refractivity contribution in [2.24, 2.45) is 46.3 Å². The number of fused-ring (bicyclic) bond motifs is 7. The first kappa shape index (κ1) is 19.3. The molecule has 3 heteroatoms. The number of hydrogen-bond acceptors (Lipinski definition) is 3. The van der Waals surface area contributed by atoms with Crippen molar-refractivity contribution in [3.05, 3.63) is 11.6 Å². The highest BCUT2D eigenvalue weighted by atomic mass is 16.5. The third kappa shape index (κ3) is 2.42. The third-order valence-electron chi connectivity index (χ3n) is 11.2. The molecule has 6 aliphatic rings. The average molecular weight is 400 g/mol. The number of rotatable bonds is 0. The van der Waals surface area contributed by atoms with E-state index < -0.39 is 0 Å². The van der Waals surface area contributed by atoms with Gasteiger partial charge in [0.15, 0.2) is 0 Å². The lowest BCUT2D eigenvalue weighted by atomic mass is 9.47. The molecular weight excluding hydrogens is 358 g/mol. The fraction of sp³-hybridized carbons (Fsp3) is 0.923. The molecule has 29 heavy (non-hydrogen) atoms. The van der Waals surface area contributed by atoms with E-state index in [0.29, 0.717) is 22.9 Å². The van der Waals surface area contributed by atoms with Crippen molar-refractivity contribution in [3.63, 3.8) is 0 Å². The molecule has 6 rings (SSSR count). The predicted molar refractivity (Wildman–Crippen MR) is 115 cm³/mol. The molecule has 4 aliphatic carbocycles. The second-order valence-corrected chi connectivity index (χ2v) is 12.5. The molecule has 5 fully saturated rings. The number of ether oxygens (including phenoxy) is 1. The van der Waals surface area contributed by atoms with Crippen LogP contribution in [-0.2, 0) is 4.74 Å². The minimum absolute atomic E-state index is 0.0370. The lowest BCUT2D eigenvalue weighted by Gasteiger charge is -2.58. The van der Waals surface area contributed by atoms with Crippen molar-refractivity contribution in [1.29, 1.82) is 0 Å². The first-order chi connectivity index (χ1) is 13.8. The molecule has 2 aliphatic heterocycles. The molecule has 11 atom stereocenters. The lowest BCUT2D eigenvalue weighted by molar-refractivity contribution is -0.0900. The van der Waals surface area contributed by atoms with Crippen LogP contribution < -0.4 is 5.32 Å². The molecule has 162 valence electrons. The summed E-state index contributed by atoms with van der Waals surface area (Å²) in [5, 5.41) is 14.1. The van der Waals surface area contributed by atoms with Gasteiger partial charge in [-0.1, -0.05) is 39.3 Å². The van der Waals surface area contributed by atoms with Crippen LogP contribution >= 0.6 is 0 Å². The highest BCUT2D eigenvalue weighted by Crippen LogP contribution is 2.70. The summed E-state index contributed by atoms with van der Waals surface area (Å²) in [7, 11) is 0. The van der Waals surface area contributed by atoms with E-state index in [9.17, 15) is 5.11 Å². The Morgan fingerprint density at radius 1 is 1.14 bits per heavy atom.